The van der Waals surface area contributed by atoms with Gasteiger partial charge in [-0.15, -0.1) is 0 Å². The Morgan fingerprint density at radius 2 is 2.08 bits per heavy atom. The Morgan fingerprint density at radius 1 is 1.36 bits per heavy atom. The topological polar surface area (TPSA) is 67.2 Å². The van der Waals surface area contributed by atoms with Gasteiger partial charge in [-0.3, -0.25) is 14.2 Å². The number of pyridine rings is 2. The van der Waals surface area contributed by atoms with Crippen LogP contribution >= 0.6 is 0 Å². The first-order valence-corrected chi connectivity index (χ1v) is 8.95. The minimum absolute atomic E-state index is 0.0253. The van der Waals surface area contributed by atoms with E-state index in [0.717, 1.165) is 37.9 Å². The van der Waals surface area contributed by atoms with Crippen LogP contribution in [0.15, 0.2) is 29.2 Å². The van der Waals surface area contributed by atoms with E-state index < -0.39 is 0 Å². The minimum atomic E-state index is -0.320. The lowest BCUT2D eigenvalue weighted by atomic mass is 10.1. The number of nitrogens with zero attached hydrogens (tertiary/aromatic N) is 3. The smallest absolute Gasteiger partial charge is 0.264 e. The van der Waals surface area contributed by atoms with E-state index in [9.17, 15) is 9.59 Å². The van der Waals surface area contributed by atoms with Crippen LogP contribution in [-0.4, -0.2) is 46.0 Å². The molecule has 1 N–H and O–H groups in total. The number of nitrogens with one attached hydrogen (secondary N) is 1. The Kier molecular flexibility index (Phi) is 6.70. The molecular weight excluding hydrogens is 316 g/mol. The van der Waals surface area contributed by atoms with Gasteiger partial charge in [-0.05, 0) is 57.6 Å². The molecule has 136 valence electrons. The zero-order valence-corrected chi connectivity index (χ0v) is 15.6. The summed E-state index contributed by atoms with van der Waals surface area (Å²) in [7, 11) is 1.64. The molecule has 0 fully saturated rings. The summed E-state index contributed by atoms with van der Waals surface area (Å²) in [5.74, 6) is -0.318. The maximum atomic E-state index is 12.5. The highest BCUT2D eigenvalue weighted by atomic mass is 16.2. The second-order valence-corrected chi connectivity index (χ2v) is 6.38. The number of fused-ring (bicyclic) bond motifs is 1. The summed E-state index contributed by atoms with van der Waals surface area (Å²) in [5.41, 5.74) is 0.425. The van der Waals surface area contributed by atoms with Crippen LogP contribution in [0.4, 0.5) is 0 Å². The van der Waals surface area contributed by atoms with Crippen molar-refractivity contribution in [2.24, 2.45) is 7.05 Å². The number of aromatic nitrogens is 2. The predicted molar refractivity (Wildman–Crippen MR) is 101 cm³/mol. The molecule has 6 nitrogen and oxygen atoms in total. The van der Waals surface area contributed by atoms with Crippen LogP contribution in [0.1, 0.15) is 44.0 Å². The molecule has 1 amide bonds. The van der Waals surface area contributed by atoms with Gasteiger partial charge in [-0.25, -0.2) is 4.98 Å². The van der Waals surface area contributed by atoms with Crippen molar-refractivity contribution >= 4 is 16.9 Å². The summed E-state index contributed by atoms with van der Waals surface area (Å²) in [4.78, 5) is 31.5. The van der Waals surface area contributed by atoms with Crippen molar-refractivity contribution in [1.29, 1.82) is 0 Å². The van der Waals surface area contributed by atoms with Crippen LogP contribution in [0, 0.1) is 0 Å². The van der Waals surface area contributed by atoms with Gasteiger partial charge in [0.15, 0.2) is 0 Å². The van der Waals surface area contributed by atoms with E-state index in [1.807, 2.05) is 13.0 Å². The normalized spacial score (nSPS) is 12.5. The van der Waals surface area contributed by atoms with Crippen molar-refractivity contribution in [3.05, 3.63) is 40.3 Å². The molecular formula is C19H28N4O2. The van der Waals surface area contributed by atoms with Crippen molar-refractivity contribution in [3.63, 3.8) is 0 Å². The number of carbonyl (C=O) groups excluding carboxylic acids is 1. The third kappa shape index (κ3) is 4.66. The molecule has 0 aliphatic rings. The van der Waals surface area contributed by atoms with Crippen LogP contribution in [0.2, 0.25) is 0 Å². The Bertz CT molecular complexity index is 781. The molecule has 2 heterocycles. The Hall–Kier alpha value is -2.21. The molecule has 0 aliphatic carbocycles. The number of hydrogen-bond acceptors (Lipinski definition) is 4. The fraction of sp³-hybridized carbons (Fsp3) is 0.526. The molecule has 0 radical (unpaired) electrons. The van der Waals surface area contributed by atoms with E-state index in [0.29, 0.717) is 5.65 Å². The summed E-state index contributed by atoms with van der Waals surface area (Å²) in [5, 5.41) is 3.73. The van der Waals surface area contributed by atoms with Crippen molar-refractivity contribution in [1.82, 2.24) is 19.8 Å². The van der Waals surface area contributed by atoms with Gasteiger partial charge in [0.1, 0.15) is 11.2 Å². The zero-order valence-electron chi connectivity index (χ0n) is 15.6. The zero-order chi connectivity index (χ0) is 18.4. The van der Waals surface area contributed by atoms with Crippen molar-refractivity contribution in [2.45, 2.75) is 39.7 Å². The van der Waals surface area contributed by atoms with Gasteiger partial charge in [0, 0.05) is 24.7 Å². The first-order chi connectivity index (χ1) is 12.0. The van der Waals surface area contributed by atoms with E-state index in [4.69, 9.17) is 0 Å². The molecule has 2 aromatic rings. The van der Waals surface area contributed by atoms with Gasteiger partial charge in [0.2, 0.25) is 0 Å². The number of carbonyl (C=O) groups is 1. The van der Waals surface area contributed by atoms with E-state index in [2.05, 4.69) is 29.0 Å². The second kappa shape index (κ2) is 8.76. The molecule has 0 saturated heterocycles. The summed E-state index contributed by atoms with van der Waals surface area (Å²) in [6.45, 7) is 9.39. The lowest BCUT2D eigenvalue weighted by Gasteiger charge is -2.19. The van der Waals surface area contributed by atoms with Gasteiger partial charge in [0.05, 0.1) is 0 Å². The maximum absolute atomic E-state index is 12.5. The Balaban J connectivity index is 2.04. The van der Waals surface area contributed by atoms with E-state index >= 15 is 0 Å². The van der Waals surface area contributed by atoms with Crippen molar-refractivity contribution < 1.29 is 4.79 Å². The van der Waals surface area contributed by atoms with Crippen LogP contribution in [0.3, 0.4) is 0 Å². The molecule has 0 bridgehead atoms. The number of hydrogen-bond donors (Lipinski definition) is 1. The third-order valence-electron chi connectivity index (χ3n) is 4.60. The number of rotatable bonds is 8. The van der Waals surface area contributed by atoms with Crippen LogP contribution in [0.5, 0.6) is 0 Å². The Morgan fingerprint density at radius 3 is 2.76 bits per heavy atom. The predicted octanol–water partition coefficient (Wildman–Crippen LogP) is 2.17. The average Bonchev–Trinajstić information content (AvgIpc) is 2.61. The molecule has 2 aromatic heterocycles. The maximum Gasteiger partial charge on any atom is 0.264 e. The average molecular weight is 344 g/mol. The van der Waals surface area contributed by atoms with Crippen LogP contribution in [-0.2, 0) is 7.05 Å². The van der Waals surface area contributed by atoms with Gasteiger partial charge >= 0.3 is 0 Å². The molecule has 0 aliphatic heterocycles. The molecule has 25 heavy (non-hydrogen) atoms. The first kappa shape index (κ1) is 19.1. The quantitative estimate of drug-likeness (QED) is 0.797. The summed E-state index contributed by atoms with van der Waals surface area (Å²) in [6.07, 6.45) is 3.54. The molecule has 1 unspecified atom stereocenters. The molecule has 1 atom stereocenters. The second-order valence-electron chi connectivity index (χ2n) is 6.38. The third-order valence-corrected chi connectivity index (χ3v) is 4.60. The highest BCUT2D eigenvalue weighted by molar-refractivity contribution is 5.97. The first-order valence-electron chi connectivity index (χ1n) is 8.95. The SMILES string of the molecule is CCN(CC)CCCC(C)NC(=O)c1cc2cccnc2n(C)c1=O. The lowest BCUT2D eigenvalue weighted by Crippen LogP contribution is -2.37. The number of aryl methyl sites for hydroxylation is 1. The van der Waals surface area contributed by atoms with Crippen molar-refractivity contribution in [3.8, 4) is 0 Å². The molecule has 0 spiro atoms. The largest absolute Gasteiger partial charge is 0.349 e. The lowest BCUT2D eigenvalue weighted by molar-refractivity contribution is 0.0935. The fourth-order valence-corrected chi connectivity index (χ4v) is 2.99. The van der Waals surface area contributed by atoms with Crippen LogP contribution in [0.25, 0.3) is 11.0 Å². The molecule has 6 heteroatoms. The van der Waals surface area contributed by atoms with Gasteiger partial charge < -0.3 is 10.2 Å². The summed E-state index contributed by atoms with van der Waals surface area (Å²) in [6, 6.07) is 5.30. The summed E-state index contributed by atoms with van der Waals surface area (Å²) < 4.78 is 1.43. The van der Waals surface area contributed by atoms with Crippen molar-refractivity contribution in [2.75, 3.05) is 19.6 Å². The highest BCUT2D eigenvalue weighted by Crippen LogP contribution is 2.10. The molecule has 0 aromatic carbocycles. The number of amides is 1. The van der Waals surface area contributed by atoms with Gasteiger partial charge in [-0.2, -0.15) is 0 Å². The Labute approximate surface area is 148 Å². The van der Waals surface area contributed by atoms with Crippen LogP contribution < -0.4 is 10.9 Å². The fourth-order valence-electron chi connectivity index (χ4n) is 2.99. The highest BCUT2D eigenvalue weighted by Gasteiger charge is 2.16. The minimum Gasteiger partial charge on any atom is -0.349 e. The van der Waals surface area contributed by atoms with Gasteiger partial charge in [0.25, 0.3) is 11.5 Å². The van der Waals surface area contributed by atoms with E-state index in [1.165, 1.54) is 4.57 Å². The molecule has 2 rings (SSSR count). The van der Waals surface area contributed by atoms with E-state index in [1.54, 1.807) is 25.4 Å². The molecule has 0 saturated carbocycles. The monoisotopic (exact) mass is 344 g/mol. The summed E-state index contributed by atoms with van der Waals surface area (Å²) >= 11 is 0. The standard InChI is InChI=1S/C19H28N4O2/c1-5-23(6-2)12-8-9-14(3)21-18(24)16-13-15-10-7-11-20-17(15)22(4)19(16)25/h7,10-11,13-14H,5-6,8-9,12H2,1-4H3,(H,21,24). The van der Waals surface area contributed by atoms with E-state index in [-0.39, 0.29) is 23.1 Å². The van der Waals surface area contributed by atoms with Gasteiger partial charge in [-0.1, -0.05) is 13.8 Å².